The monoisotopic (exact) mass is 669 g/mol. The van der Waals surface area contributed by atoms with Gasteiger partial charge in [0.15, 0.2) is 0 Å². The van der Waals surface area contributed by atoms with Crippen molar-refractivity contribution in [3.63, 3.8) is 0 Å². The zero-order valence-corrected chi connectivity index (χ0v) is 26.9. The van der Waals surface area contributed by atoms with E-state index < -0.39 is 34.3 Å². The Morgan fingerprint density at radius 3 is 1.51 bits per heavy atom. The number of nitrogens with zero attached hydrogens (tertiary/aromatic N) is 4. The van der Waals surface area contributed by atoms with Gasteiger partial charge in [0, 0.05) is 51.3 Å². The van der Waals surface area contributed by atoms with Crippen LogP contribution in [0.5, 0.6) is 0 Å². The number of anilines is 2. The molecule has 0 aliphatic carbocycles. The predicted octanol–water partition coefficient (Wildman–Crippen LogP) is 2.03. The van der Waals surface area contributed by atoms with Crippen molar-refractivity contribution in [2.45, 2.75) is 27.7 Å². The largest absolute Gasteiger partial charge is 0.369 e. The number of nitro groups is 1. The first-order chi connectivity index (χ1) is 23.0. The van der Waals surface area contributed by atoms with E-state index >= 15 is 0 Å². The molecule has 0 aliphatic rings. The molecule has 49 heavy (non-hydrogen) atoms. The third-order valence-electron chi connectivity index (χ3n) is 6.59. The van der Waals surface area contributed by atoms with E-state index in [0.717, 1.165) is 23.3 Å². The van der Waals surface area contributed by atoms with Gasteiger partial charge in [0.05, 0.1) is 22.1 Å². The van der Waals surface area contributed by atoms with Crippen molar-refractivity contribution >= 4 is 63.9 Å². The summed E-state index contributed by atoms with van der Waals surface area (Å²) in [4.78, 5) is 37.8. The molecule has 0 atom stereocenters. The first-order valence-electron chi connectivity index (χ1n) is 14.2. The number of hydrogen-bond acceptors (Lipinski definition) is 10. The zero-order chi connectivity index (χ0) is 36.4. The molecule has 0 unspecified atom stereocenters. The van der Waals surface area contributed by atoms with Crippen LogP contribution in [-0.2, 0) is 0 Å². The van der Waals surface area contributed by atoms with Gasteiger partial charge in [-0.25, -0.2) is 16.3 Å². The lowest BCUT2D eigenvalue weighted by atomic mass is 10.0. The molecule has 19 heteroatoms. The first-order valence-corrected chi connectivity index (χ1v) is 14.2. The van der Waals surface area contributed by atoms with E-state index in [0.29, 0.717) is 33.9 Å². The Balaban J connectivity index is 1.96. The van der Waals surface area contributed by atoms with Gasteiger partial charge in [-0.05, 0) is 69.7 Å². The number of rotatable bonds is 11. The van der Waals surface area contributed by atoms with Crippen LogP contribution in [0.4, 0.5) is 17.1 Å². The minimum Gasteiger partial charge on any atom is -0.369 e. The number of amides is 2. The number of hydrazone groups is 3. The maximum atomic E-state index is 13.5. The summed E-state index contributed by atoms with van der Waals surface area (Å²) in [5.41, 5.74) is 26.5. The van der Waals surface area contributed by atoms with Crippen molar-refractivity contribution in [2.75, 3.05) is 10.6 Å². The highest BCUT2D eigenvalue weighted by Gasteiger charge is 2.20. The van der Waals surface area contributed by atoms with Crippen LogP contribution >= 0.6 is 0 Å². The average Bonchev–Trinajstić information content (AvgIpc) is 3.04. The van der Waals surface area contributed by atoms with Gasteiger partial charge < -0.3 is 27.8 Å². The number of nitrogens with two attached hydrogens (primary N) is 3. The molecule has 0 heterocycles. The standard InChI is InChI=1S/C30H35N15O4/c1-14-7-22(5-6-25(14)17(4)41-44-30(35)36)37-26(46)20-9-21(13-24(12-20)45(48)49)27(47)38-23-10-18(15(2)39-42-28(31)32)8-19(11-23)16(3)40-43-29(33)34/h5-13H,1-4H3,(H,37,46)(H,38,47)(H4,31,32,42)(H4,33,34,43)(H4,35,36,44)/b39-15+,40-16+,41-17+. The molecule has 3 aromatic rings. The molecule has 0 aromatic heterocycles. The summed E-state index contributed by atoms with van der Waals surface area (Å²) >= 11 is 0. The SMILES string of the molecule is C/C(=N\NC(=N)N)c1cc(NC(=O)c2cc(C(=O)Nc3ccc(/C(C)=N/NC(=N)N)c(C)c3)cc([N+](=O)[O-])c2)cc(/C(C)=N/NC(=N)N)c1. The molecule has 19 nitrogen and oxygen atoms in total. The van der Waals surface area contributed by atoms with E-state index in [-0.39, 0.29) is 22.8 Å². The Morgan fingerprint density at radius 1 is 0.653 bits per heavy atom. The lowest BCUT2D eigenvalue weighted by molar-refractivity contribution is -0.384. The minimum atomic E-state index is -0.761. The average molecular weight is 670 g/mol. The fourth-order valence-corrected chi connectivity index (χ4v) is 4.27. The van der Waals surface area contributed by atoms with Crippen molar-refractivity contribution < 1.29 is 14.5 Å². The summed E-state index contributed by atoms with van der Waals surface area (Å²) in [5, 5.41) is 51.2. The molecule has 14 N–H and O–H groups in total. The molecule has 0 fully saturated rings. The van der Waals surface area contributed by atoms with Gasteiger partial charge in [0.25, 0.3) is 17.5 Å². The first kappa shape index (κ1) is 36.3. The summed E-state index contributed by atoms with van der Waals surface area (Å²) in [7, 11) is 0. The topological polar surface area (TPSA) is 324 Å². The van der Waals surface area contributed by atoms with Crippen LogP contribution < -0.4 is 44.1 Å². The van der Waals surface area contributed by atoms with Crippen molar-refractivity contribution in [3.05, 3.63) is 98.1 Å². The quantitative estimate of drug-likeness (QED) is 0.0610. The van der Waals surface area contributed by atoms with Crippen LogP contribution in [-0.4, -0.2) is 51.8 Å². The molecule has 3 rings (SSSR count). The Morgan fingerprint density at radius 2 is 1.08 bits per heavy atom. The third kappa shape index (κ3) is 10.4. The fourth-order valence-electron chi connectivity index (χ4n) is 4.27. The summed E-state index contributed by atoms with van der Waals surface area (Å²) in [5.74, 6) is -2.58. The Hall–Kier alpha value is -7.18. The minimum absolute atomic E-state index is 0.143. The second-order valence-corrected chi connectivity index (χ2v) is 10.4. The molecule has 2 amide bonds. The maximum Gasteiger partial charge on any atom is 0.271 e. The van der Waals surface area contributed by atoms with Gasteiger partial charge >= 0.3 is 0 Å². The van der Waals surface area contributed by atoms with Gasteiger partial charge in [-0.15, -0.1) is 0 Å². The van der Waals surface area contributed by atoms with Gasteiger partial charge in [-0.3, -0.25) is 35.9 Å². The van der Waals surface area contributed by atoms with E-state index in [1.807, 2.05) is 0 Å². The number of hydrogen-bond donors (Lipinski definition) is 11. The normalized spacial score (nSPS) is 11.6. The zero-order valence-electron chi connectivity index (χ0n) is 26.9. The van der Waals surface area contributed by atoms with E-state index in [9.17, 15) is 19.7 Å². The number of nitro benzene ring substituents is 1. The van der Waals surface area contributed by atoms with E-state index in [2.05, 4.69) is 42.2 Å². The van der Waals surface area contributed by atoms with Crippen LogP contribution in [0.1, 0.15) is 63.7 Å². The number of non-ortho nitro benzene ring substituents is 1. The van der Waals surface area contributed by atoms with Crippen molar-refractivity contribution in [3.8, 4) is 0 Å². The maximum absolute atomic E-state index is 13.5. The van der Waals surface area contributed by atoms with Crippen LogP contribution in [0.15, 0.2) is 69.9 Å². The highest BCUT2D eigenvalue weighted by molar-refractivity contribution is 6.11. The number of benzene rings is 3. The van der Waals surface area contributed by atoms with Crippen molar-refractivity contribution in [2.24, 2.45) is 32.5 Å². The smallest absolute Gasteiger partial charge is 0.271 e. The van der Waals surface area contributed by atoms with E-state index in [1.54, 1.807) is 64.1 Å². The predicted molar refractivity (Wildman–Crippen MR) is 188 cm³/mol. The lowest BCUT2D eigenvalue weighted by Crippen LogP contribution is -2.27. The number of carbonyl (C=O) groups is 2. The third-order valence-corrected chi connectivity index (χ3v) is 6.59. The molecule has 0 spiro atoms. The molecule has 0 saturated carbocycles. The Kier molecular flexibility index (Phi) is 11.8. The summed E-state index contributed by atoms with van der Waals surface area (Å²) < 4.78 is 0. The summed E-state index contributed by atoms with van der Waals surface area (Å²) in [6.07, 6.45) is 0. The second-order valence-electron chi connectivity index (χ2n) is 10.4. The molecule has 254 valence electrons. The lowest BCUT2D eigenvalue weighted by Gasteiger charge is -2.13. The number of nitrogens with one attached hydrogen (secondary N) is 8. The van der Waals surface area contributed by atoms with Crippen LogP contribution in [0.25, 0.3) is 0 Å². The molecule has 0 bridgehead atoms. The van der Waals surface area contributed by atoms with Gasteiger partial charge in [0.1, 0.15) is 0 Å². The Bertz CT molecular complexity index is 1900. The van der Waals surface area contributed by atoms with Crippen molar-refractivity contribution in [1.29, 1.82) is 16.2 Å². The van der Waals surface area contributed by atoms with E-state index in [1.165, 1.54) is 6.07 Å². The molecule has 0 saturated heterocycles. The molecule has 3 aromatic carbocycles. The molecular formula is C30H35N15O4. The fraction of sp³-hybridized carbons (Fsp3) is 0.133. The van der Waals surface area contributed by atoms with Crippen molar-refractivity contribution in [1.82, 2.24) is 16.3 Å². The number of carbonyl (C=O) groups excluding carboxylic acids is 2. The molecule has 0 radical (unpaired) electrons. The van der Waals surface area contributed by atoms with E-state index in [4.69, 9.17) is 33.4 Å². The van der Waals surface area contributed by atoms with Gasteiger partial charge in [-0.2, -0.15) is 15.3 Å². The number of guanidine groups is 3. The van der Waals surface area contributed by atoms with Crippen LogP contribution in [0.2, 0.25) is 0 Å². The van der Waals surface area contributed by atoms with Crippen LogP contribution in [0.3, 0.4) is 0 Å². The Labute approximate surface area is 279 Å². The van der Waals surface area contributed by atoms with Crippen LogP contribution in [0, 0.1) is 33.3 Å². The van der Waals surface area contributed by atoms with Gasteiger partial charge in [-0.1, -0.05) is 6.07 Å². The summed E-state index contributed by atoms with van der Waals surface area (Å²) in [6.45, 7) is 6.75. The molecular weight excluding hydrogens is 634 g/mol. The highest BCUT2D eigenvalue weighted by atomic mass is 16.6. The summed E-state index contributed by atoms with van der Waals surface area (Å²) in [6, 6.07) is 13.1. The number of aryl methyl sites for hydroxylation is 1. The highest BCUT2D eigenvalue weighted by Crippen LogP contribution is 2.23. The van der Waals surface area contributed by atoms with Gasteiger partial charge in [0.2, 0.25) is 17.9 Å². The molecule has 0 aliphatic heterocycles. The second kappa shape index (κ2) is 15.9.